The van der Waals surface area contributed by atoms with Crippen LogP contribution in [0.4, 0.5) is 0 Å². The van der Waals surface area contributed by atoms with Gasteiger partial charge in [0.2, 0.25) is 5.91 Å². The first kappa shape index (κ1) is 15.6. The van der Waals surface area contributed by atoms with Crippen LogP contribution in [0, 0.1) is 0 Å². The number of carbonyl (C=O) groups is 3. The standard InChI is InChI=1S/C13H16N2O5/c1-20-12(17)3-2-10(13(18)19)15-11(16)8-9-4-6-14-7-5-9/h4-7,10H,2-3,8H2,1H3,(H,15,16)(H,18,19)/t10-/m0/s1. The van der Waals surface area contributed by atoms with E-state index in [2.05, 4.69) is 15.0 Å². The molecule has 1 aromatic heterocycles. The monoisotopic (exact) mass is 280 g/mol. The molecule has 1 aromatic rings. The number of rotatable bonds is 7. The van der Waals surface area contributed by atoms with Gasteiger partial charge < -0.3 is 15.2 Å². The fourth-order valence-electron chi connectivity index (χ4n) is 1.55. The van der Waals surface area contributed by atoms with Crippen molar-refractivity contribution in [3.05, 3.63) is 30.1 Å². The number of carboxylic acids is 1. The van der Waals surface area contributed by atoms with Crippen molar-refractivity contribution >= 4 is 17.8 Å². The molecule has 1 heterocycles. The van der Waals surface area contributed by atoms with Crippen LogP contribution in [0.3, 0.4) is 0 Å². The van der Waals surface area contributed by atoms with Gasteiger partial charge in [-0.1, -0.05) is 0 Å². The SMILES string of the molecule is COC(=O)CC[C@H](NC(=O)Cc1ccncc1)C(=O)O. The van der Waals surface area contributed by atoms with E-state index in [-0.39, 0.29) is 19.3 Å². The number of esters is 1. The molecule has 0 unspecified atom stereocenters. The number of carboxylic acid groups (broad SMARTS) is 1. The molecule has 1 rings (SSSR count). The predicted octanol–water partition coefficient (Wildman–Crippen LogP) is 0.147. The van der Waals surface area contributed by atoms with Crippen molar-refractivity contribution < 1.29 is 24.2 Å². The van der Waals surface area contributed by atoms with Gasteiger partial charge in [-0.25, -0.2) is 4.79 Å². The molecule has 0 bridgehead atoms. The molecular formula is C13H16N2O5. The molecule has 2 N–H and O–H groups in total. The second-order valence-electron chi connectivity index (χ2n) is 4.11. The number of amides is 1. The van der Waals surface area contributed by atoms with Crippen LogP contribution in [0.1, 0.15) is 18.4 Å². The molecule has 7 nitrogen and oxygen atoms in total. The fourth-order valence-corrected chi connectivity index (χ4v) is 1.55. The van der Waals surface area contributed by atoms with E-state index in [0.717, 1.165) is 5.56 Å². The van der Waals surface area contributed by atoms with E-state index in [9.17, 15) is 14.4 Å². The van der Waals surface area contributed by atoms with Crippen LogP contribution in [-0.4, -0.2) is 41.1 Å². The summed E-state index contributed by atoms with van der Waals surface area (Å²) in [5, 5.41) is 11.4. The largest absolute Gasteiger partial charge is 0.480 e. The Labute approximate surface area is 116 Å². The van der Waals surface area contributed by atoms with Crippen LogP contribution in [0.2, 0.25) is 0 Å². The van der Waals surface area contributed by atoms with Crippen molar-refractivity contribution in [1.29, 1.82) is 0 Å². The van der Waals surface area contributed by atoms with E-state index in [1.165, 1.54) is 7.11 Å². The lowest BCUT2D eigenvalue weighted by molar-refractivity contribution is -0.144. The molecule has 0 fully saturated rings. The lowest BCUT2D eigenvalue weighted by atomic mass is 10.1. The molecule has 1 amide bonds. The molecule has 0 aliphatic heterocycles. The van der Waals surface area contributed by atoms with Gasteiger partial charge in [0.1, 0.15) is 6.04 Å². The van der Waals surface area contributed by atoms with Crippen LogP contribution >= 0.6 is 0 Å². The first-order chi connectivity index (χ1) is 9.52. The molecule has 0 aliphatic carbocycles. The number of nitrogens with one attached hydrogen (secondary N) is 1. The Hall–Kier alpha value is -2.44. The summed E-state index contributed by atoms with van der Waals surface area (Å²) in [5.41, 5.74) is 0.731. The van der Waals surface area contributed by atoms with Crippen LogP contribution < -0.4 is 5.32 Å². The normalized spacial score (nSPS) is 11.4. The molecule has 0 saturated carbocycles. The average Bonchev–Trinajstić information content (AvgIpc) is 2.43. The summed E-state index contributed by atoms with van der Waals surface area (Å²) in [6, 6.07) is 2.23. The Balaban J connectivity index is 2.50. The Morgan fingerprint density at radius 2 is 2.00 bits per heavy atom. The molecule has 108 valence electrons. The third-order valence-electron chi connectivity index (χ3n) is 2.61. The Kier molecular flexibility index (Phi) is 6.15. The summed E-state index contributed by atoms with van der Waals surface area (Å²) in [4.78, 5) is 37.5. The number of aliphatic carboxylic acids is 1. The molecule has 7 heteroatoms. The highest BCUT2D eigenvalue weighted by atomic mass is 16.5. The smallest absolute Gasteiger partial charge is 0.326 e. The third kappa shape index (κ3) is 5.47. The number of ether oxygens (including phenoxy) is 1. The second kappa shape index (κ2) is 7.88. The third-order valence-corrected chi connectivity index (χ3v) is 2.61. The minimum absolute atomic E-state index is 0.00983. The van der Waals surface area contributed by atoms with Crippen molar-refractivity contribution in [2.75, 3.05) is 7.11 Å². The highest BCUT2D eigenvalue weighted by molar-refractivity contribution is 5.85. The summed E-state index contributed by atoms with van der Waals surface area (Å²) in [5.74, 6) is -2.12. The van der Waals surface area contributed by atoms with E-state index < -0.39 is 23.9 Å². The topological polar surface area (TPSA) is 106 Å². The van der Waals surface area contributed by atoms with Crippen molar-refractivity contribution in [2.24, 2.45) is 0 Å². The minimum atomic E-state index is -1.18. The molecule has 0 aliphatic rings. The van der Waals surface area contributed by atoms with Gasteiger partial charge in [0.15, 0.2) is 0 Å². The lowest BCUT2D eigenvalue weighted by Gasteiger charge is -2.13. The molecule has 0 spiro atoms. The van der Waals surface area contributed by atoms with Gasteiger partial charge in [-0.05, 0) is 24.1 Å². The molecule has 20 heavy (non-hydrogen) atoms. The summed E-state index contributed by atoms with van der Waals surface area (Å²) in [6.45, 7) is 0. The first-order valence-corrected chi connectivity index (χ1v) is 6.01. The van der Waals surface area contributed by atoms with Gasteiger partial charge in [-0.2, -0.15) is 0 Å². The summed E-state index contributed by atoms with van der Waals surface area (Å²) < 4.78 is 4.43. The summed E-state index contributed by atoms with van der Waals surface area (Å²) >= 11 is 0. The molecular weight excluding hydrogens is 264 g/mol. The zero-order valence-electron chi connectivity index (χ0n) is 11.0. The van der Waals surface area contributed by atoms with Gasteiger partial charge in [0.25, 0.3) is 0 Å². The van der Waals surface area contributed by atoms with Crippen LogP contribution in [0.25, 0.3) is 0 Å². The molecule has 0 saturated heterocycles. The number of aromatic nitrogens is 1. The molecule has 1 atom stereocenters. The highest BCUT2D eigenvalue weighted by Crippen LogP contribution is 2.02. The minimum Gasteiger partial charge on any atom is -0.480 e. The zero-order valence-corrected chi connectivity index (χ0v) is 11.0. The lowest BCUT2D eigenvalue weighted by Crippen LogP contribution is -2.41. The maximum atomic E-state index is 11.7. The maximum absolute atomic E-state index is 11.7. The Morgan fingerprint density at radius 3 is 2.55 bits per heavy atom. The van der Waals surface area contributed by atoms with Crippen molar-refractivity contribution in [3.63, 3.8) is 0 Å². The predicted molar refractivity (Wildman–Crippen MR) is 68.8 cm³/mol. The van der Waals surface area contributed by atoms with Crippen molar-refractivity contribution in [1.82, 2.24) is 10.3 Å². The molecule has 0 radical (unpaired) electrons. The van der Waals surface area contributed by atoms with Gasteiger partial charge in [0, 0.05) is 18.8 Å². The summed E-state index contributed by atoms with van der Waals surface area (Å²) in [6.07, 6.45) is 3.08. The molecule has 0 aromatic carbocycles. The summed E-state index contributed by atoms with van der Waals surface area (Å²) in [7, 11) is 1.22. The van der Waals surface area contributed by atoms with Crippen LogP contribution in [0.15, 0.2) is 24.5 Å². The van der Waals surface area contributed by atoms with Gasteiger partial charge in [-0.15, -0.1) is 0 Å². The first-order valence-electron chi connectivity index (χ1n) is 6.01. The van der Waals surface area contributed by atoms with Crippen LogP contribution in [-0.2, 0) is 25.5 Å². The van der Waals surface area contributed by atoms with Crippen molar-refractivity contribution in [2.45, 2.75) is 25.3 Å². The quantitative estimate of drug-likeness (QED) is 0.688. The maximum Gasteiger partial charge on any atom is 0.326 e. The van der Waals surface area contributed by atoms with E-state index >= 15 is 0 Å². The van der Waals surface area contributed by atoms with Crippen molar-refractivity contribution in [3.8, 4) is 0 Å². The van der Waals surface area contributed by atoms with Crippen LogP contribution in [0.5, 0.6) is 0 Å². The number of pyridine rings is 1. The number of hydrogen-bond acceptors (Lipinski definition) is 5. The average molecular weight is 280 g/mol. The van der Waals surface area contributed by atoms with Gasteiger partial charge in [0.05, 0.1) is 13.5 Å². The van der Waals surface area contributed by atoms with E-state index in [4.69, 9.17) is 5.11 Å². The van der Waals surface area contributed by atoms with Gasteiger partial charge in [-0.3, -0.25) is 14.6 Å². The van der Waals surface area contributed by atoms with E-state index in [1.807, 2.05) is 0 Å². The fraction of sp³-hybridized carbons (Fsp3) is 0.385. The number of nitrogens with zero attached hydrogens (tertiary/aromatic N) is 1. The highest BCUT2D eigenvalue weighted by Gasteiger charge is 2.21. The Bertz CT molecular complexity index is 475. The van der Waals surface area contributed by atoms with Gasteiger partial charge >= 0.3 is 11.9 Å². The number of carbonyl (C=O) groups excluding carboxylic acids is 2. The second-order valence-corrected chi connectivity index (χ2v) is 4.11. The van der Waals surface area contributed by atoms with E-state index in [1.54, 1.807) is 24.5 Å². The van der Waals surface area contributed by atoms with E-state index in [0.29, 0.717) is 0 Å². The Morgan fingerprint density at radius 1 is 1.35 bits per heavy atom. The number of hydrogen-bond donors (Lipinski definition) is 2. The number of methoxy groups -OCH3 is 1. The zero-order chi connectivity index (χ0) is 15.0.